The van der Waals surface area contributed by atoms with Crippen LogP contribution in [0.4, 0.5) is 0 Å². The second-order valence-electron chi connectivity index (χ2n) is 21.1. The summed E-state index contributed by atoms with van der Waals surface area (Å²) in [5.41, 5.74) is 0. The number of aliphatic hydroxyl groups is 21. The van der Waals surface area contributed by atoms with Crippen LogP contribution >= 0.6 is 0 Å². The van der Waals surface area contributed by atoms with E-state index in [4.69, 9.17) is 61.6 Å². The molecule has 35 atom stereocenters. The lowest BCUT2D eigenvalue weighted by atomic mass is 9.93. The molecule has 0 radical (unpaired) electrons. The number of aliphatic hydroxyl groups excluding tert-OH is 21. The van der Waals surface area contributed by atoms with E-state index in [2.05, 4.69) is 10.6 Å². The molecule has 38 nitrogen and oxygen atoms in total. The summed E-state index contributed by atoms with van der Waals surface area (Å²) >= 11 is 0. The summed E-state index contributed by atoms with van der Waals surface area (Å²) in [6, 6.07) is -3.75. The molecule has 488 valence electrons. The number of carbonyl (C=O) groups excluding carboxylic acids is 2. The Morgan fingerprint density at radius 1 is 0.310 bits per heavy atom. The number of amides is 2. The number of carbonyl (C=O) groups is 2. The van der Waals surface area contributed by atoms with E-state index in [9.17, 15) is 117 Å². The molecule has 38 heteroatoms. The molecule has 7 saturated heterocycles. The standard InChI is InChI=1S/C46H78N2O36/c1-10(55)47-19-26(62)35(17(8-54)78-41(19)83-38-24(60)15(6-52)77-45(33(38)69)81-36-16(7-53)73-40(71)30(66)29(36)65)80-42-20(48-11(2)56)37(23(59)14(5-51)74-42)82-46-34(70)39(84-44-32(68)28(64)22(58)13(4-50)76-44)25(61)18(79-46)9-72-43-31(67)27(63)21(57)12(3-49)75-43/h12-46,49-54,57-71H,3-9H2,1-2H3,(H,47,55)(H,48,56)/t12-,13-,14-,15-,16-,17-,18-,19-,20-,21+,22+,23+,24-,25+,26-,27+,28+,29-,30-,31-,32-,33+,34-,35-,36-,37-,38+,39+,40-,41+,42+,43-,44+,45+,46-/m1/s1. The minimum absolute atomic E-state index is 0.887. The summed E-state index contributed by atoms with van der Waals surface area (Å²) in [7, 11) is 0. The van der Waals surface area contributed by atoms with Crippen molar-refractivity contribution in [3.05, 3.63) is 0 Å². The van der Waals surface area contributed by atoms with E-state index in [1.54, 1.807) is 0 Å². The van der Waals surface area contributed by atoms with Crippen molar-refractivity contribution < 1.29 is 178 Å². The fraction of sp³-hybridized carbons (Fsp3) is 0.957. The van der Waals surface area contributed by atoms with E-state index in [1.165, 1.54) is 0 Å². The van der Waals surface area contributed by atoms with Crippen molar-refractivity contribution in [2.24, 2.45) is 0 Å². The molecule has 0 spiro atoms. The van der Waals surface area contributed by atoms with Gasteiger partial charge in [0.1, 0.15) is 171 Å². The number of hydrogen-bond acceptors (Lipinski definition) is 36. The van der Waals surface area contributed by atoms with E-state index in [-0.39, 0.29) is 0 Å². The third-order valence-corrected chi connectivity index (χ3v) is 15.3. The lowest BCUT2D eigenvalue weighted by Crippen LogP contribution is -2.71. The Kier molecular flexibility index (Phi) is 24.6. The fourth-order valence-corrected chi connectivity index (χ4v) is 10.7. The number of ether oxygens (including phenoxy) is 13. The maximum atomic E-state index is 13.0. The van der Waals surface area contributed by atoms with Gasteiger partial charge in [0.2, 0.25) is 11.8 Å². The van der Waals surface area contributed by atoms with Crippen LogP contribution in [0.2, 0.25) is 0 Å². The summed E-state index contributed by atoms with van der Waals surface area (Å²) in [5.74, 6) is -1.83. The fourth-order valence-electron chi connectivity index (χ4n) is 10.7. The number of hydrogen-bond donors (Lipinski definition) is 23. The highest BCUT2D eigenvalue weighted by Gasteiger charge is 2.59. The molecule has 0 aromatic heterocycles. The molecular weight excluding hydrogens is 1160 g/mol. The van der Waals surface area contributed by atoms with Gasteiger partial charge in [-0.25, -0.2) is 0 Å². The first-order valence-corrected chi connectivity index (χ1v) is 26.6. The lowest BCUT2D eigenvalue weighted by molar-refractivity contribution is -0.386. The highest BCUT2D eigenvalue weighted by Crippen LogP contribution is 2.38. The maximum absolute atomic E-state index is 13.0. The Hall–Kier alpha value is -2.42. The van der Waals surface area contributed by atoms with Gasteiger partial charge in [-0.3, -0.25) is 9.59 Å². The Bertz CT molecular complexity index is 2060. The molecule has 7 heterocycles. The van der Waals surface area contributed by atoms with Gasteiger partial charge in [0.15, 0.2) is 44.0 Å². The highest BCUT2D eigenvalue weighted by atomic mass is 16.8. The molecule has 7 aliphatic heterocycles. The van der Waals surface area contributed by atoms with Gasteiger partial charge in [0.25, 0.3) is 0 Å². The van der Waals surface area contributed by atoms with Crippen molar-refractivity contribution in [1.29, 1.82) is 0 Å². The molecule has 7 fully saturated rings. The summed E-state index contributed by atoms with van der Waals surface area (Å²) in [6.07, 6.45) is -64.8. The largest absolute Gasteiger partial charge is 0.394 e. The summed E-state index contributed by atoms with van der Waals surface area (Å²) in [5, 5.41) is 230. The average molecular weight is 1240 g/mol. The molecule has 2 amide bonds. The zero-order valence-electron chi connectivity index (χ0n) is 44.7. The number of rotatable bonds is 21. The van der Waals surface area contributed by atoms with Crippen molar-refractivity contribution in [2.45, 2.75) is 229 Å². The molecule has 0 bridgehead atoms. The SMILES string of the molecule is CC(=O)N[C@H]1[C@H](O[C@@H]2[C@H](O)[C@H](O[C@H]3[C@H](O)[C@@H](O)[C@H](O)O[C@@H]3CO)O[C@H](CO)[C@H]2O)O[C@H](CO)[C@@H](O[C@@H]2O[C@H](CO)[C@H](O)[C@H](O[C@H]3O[C@H](CO[C@@H]4O[C@H](CO)[C@H](O)[C@H](O)[C@H]4O)[C@H](O)[C@H](O[C@@H]4O[C@H](CO)[C@H](O)[C@H](O)[C@H]4O)[C@H]3O)[C@H]2NC(C)=O)[C@@H]1O. The Labute approximate surface area is 475 Å². The van der Waals surface area contributed by atoms with Crippen LogP contribution in [0.25, 0.3) is 0 Å². The summed E-state index contributed by atoms with van der Waals surface area (Å²) < 4.78 is 74.5. The van der Waals surface area contributed by atoms with Gasteiger partial charge in [0, 0.05) is 13.8 Å². The predicted octanol–water partition coefficient (Wildman–Crippen LogP) is -16.0. The van der Waals surface area contributed by atoms with E-state index < -0.39 is 273 Å². The first-order chi connectivity index (χ1) is 39.7. The van der Waals surface area contributed by atoms with Crippen LogP contribution in [-0.2, 0) is 71.2 Å². The third-order valence-electron chi connectivity index (χ3n) is 15.3. The van der Waals surface area contributed by atoms with Crippen LogP contribution in [0, 0.1) is 0 Å². The molecule has 0 unspecified atom stereocenters. The van der Waals surface area contributed by atoms with Crippen LogP contribution in [0.15, 0.2) is 0 Å². The smallest absolute Gasteiger partial charge is 0.217 e. The molecule has 0 saturated carbocycles. The highest BCUT2D eigenvalue weighted by molar-refractivity contribution is 5.73. The monoisotopic (exact) mass is 1230 g/mol. The van der Waals surface area contributed by atoms with Gasteiger partial charge in [-0.2, -0.15) is 0 Å². The van der Waals surface area contributed by atoms with Crippen LogP contribution in [-0.4, -0.2) is 380 Å². The first kappa shape index (κ1) is 69.1. The van der Waals surface area contributed by atoms with Gasteiger partial charge < -0.3 is 179 Å². The summed E-state index contributed by atoms with van der Waals surface area (Å²) in [6.45, 7) is -4.98. The molecule has 84 heavy (non-hydrogen) atoms. The van der Waals surface area contributed by atoms with Gasteiger partial charge in [-0.15, -0.1) is 0 Å². The van der Waals surface area contributed by atoms with Crippen molar-refractivity contribution in [3.63, 3.8) is 0 Å². The topological polar surface area (TPSA) is 603 Å². The quantitative estimate of drug-likeness (QED) is 0.0507. The first-order valence-electron chi connectivity index (χ1n) is 26.6. The van der Waals surface area contributed by atoms with Gasteiger partial charge in [-0.1, -0.05) is 0 Å². The summed E-state index contributed by atoms with van der Waals surface area (Å²) in [4.78, 5) is 25.8. The molecule has 0 aromatic carbocycles. The zero-order chi connectivity index (χ0) is 61.9. The molecule has 23 N–H and O–H groups in total. The average Bonchev–Trinajstić information content (AvgIpc) is 1.64. The number of nitrogens with one attached hydrogen (secondary N) is 2. The van der Waals surface area contributed by atoms with E-state index in [0.717, 1.165) is 13.8 Å². The molecule has 0 aliphatic carbocycles. The molecule has 0 aromatic rings. The third kappa shape index (κ3) is 14.7. The molecule has 7 rings (SSSR count). The van der Waals surface area contributed by atoms with Crippen molar-refractivity contribution in [3.8, 4) is 0 Å². The van der Waals surface area contributed by atoms with Crippen LogP contribution < -0.4 is 10.6 Å². The van der Waals surface area contributed by atoms with Crippen molar-refractivity contribution in [2.75, 3.05) is 46.2 Å². The Morgan fingerprint density at radius 2 is 0.643 bits per heavy atom. The molecule has 7 aliphatic rings. The van der Waals surface area contributed by atoms with Crippen LogP contribution in [0.5, 0.6) is 0 Å². The zero-order valence-corrected chi connectivity index (χ0v) is 44.7. The van der Waals surface area contributed by atoms with Gasteiger partial charge in [-0.05, 0) is 0 Å². The minimum Gasteiger partial charge on any atom is -0.394 e. The predicted molar refractivity (Wildman–Crippen MR) is 255 cm³/mol. The second kappa shape index (κ2) is 29.9. The minimum atomic E-state index is -2.33. The second-order valence-corrected chi connectivity index (χ2v) is 21.1. The van der Waals surface area contributed by atoms with Crippen LogP contribution in [0.1, 0.15) is 13.8 Å². The van der Waals surface area contributed by atoms with Gasteiger partial charge >= 0.3 is 0 Å². The van der Waals surface area contributed by atoms with Gasteiger partial charge in [0.05, 0.1) is 46.2 Å². The normalized spacial score (nSPS) is 50.3. The molecular formula is C46H78N2O36. The van der Waals surface area contributed by atoms with E-state index in [1.807, 2.05) is 0 Å². The Balaban J connectivity index is 1.15. The van der Waals surface area contributed by atoms with E-state index in [0.29, 0.717) is 0 Å². The lowest BCUT2D eigenvalue weighted by Gasteiger charge is -2.51. The Morgan fingerprint density at radius 3 is 1.15 bits per heavy atom. The van der Waals surface area contributed by atoms with Crippen LogP contribution in [0.3, 0.4) is 0 Å². The van der Waals surface area contributed by atoms with Crippen molar-refractivity contribution in [1.82, 2.24) is 10.6 Å². The maximum Gasteiger partial charge on any atom is 0.217 e. The van der Waals surface area contributed by atoms with E-state index >= 15 is 0 Å². The van der Waals surface area contributed by atoms with Crippen molar-refractivity contribution >= 4 is 11.8 Å².